The number of hydrogen-bond donors (Lipinski definition) is 2. The Bertz CT molecular complexity index is 1230. The molecule has 0 fully saturated rings. The molecule has 4 aromatic rings. The highest BCUT2D eigenvalue weighted by Gasteiger charge is 2.54. The van der Waals surface area contributed by atoms with Crippen LogP contribution in [0.1, 0.15) is 36.1 Å². The van der Waals surface area contributed by atoms with E-state index in [1.54, 1.807) is 97.1 Å². The molecule has 4 rings (SSSR count). The first-order valence-electron chi connectivity index (χ1n) is 11.4. The Morgan fingerprint density at radius 3 is 1.06 bits per heavy atom. The van der Waals surface area contributed by atoms with Crippen LogP contribution >= 0.6 is 0 Å². The van der Waals surface area contributed by atoms with E-state index in [0.717, 1.165) is 0 Å². The van der Waals surface area contributed by atoms with Crippen molar-refractivity contribution in [1.29, 1.82) is 0 Å². The van der Waals surface area contributed by atoms with Crippen molar-refractivity contribution in [2.24, 2.45) is 0 Å². The molecule has 0 saturated heterocycles. The fourth-order valence-corrected chi connectivity index (χ4v) is 4.39. The van der Waals surface area contributed by atoms with Gasteiger partial charge in [0.05, 0.1) is 0 Å². The molecule has 0 aliphatic heterocycles. The molecule has 6 nitrogen and oxygen atoms in total. The minimum atomic E-state index is -1.98. The van der Waals surface area contributed by atoms with Crippen LogP contribution in [0, 0.1) is 0 Å². The van der Waals surface area contributed by atoms with E-state index in [0.29, 0.717) is 33.8 Å². The molecule has 0 radical (unpaired) electrons. The molecule has 182 valence electrons. The summed E-state index contributed by atoms with van der Waals surface area (Å²) in [6.45, 7) is 2.61. The molecule has 6 heteroatoms. The lowest BCUT2D eigenvalue weighted by Crippen LogP contribution is -2.51. The third-order valence-corrected chi connectivity index (χ3v) is 5.97. The van der Waals surface area contributed by atoms with Crippen molar-refractivity contribution in [2.75, 3.05) is 0 Å². The molecule has 0 aromatic heterocycles. The van der Waals surface area contributed by atoms with Gasteiger partial charge in [0.15, 0.2) is 11.2 Å². The summed E-state index contributed by atoms with van der Waals surface area (Å²) in [7, 11) is 0. The second kappa shape index (κ2) is 10.2. The van der Waals surface area contributed by atoms with Crippen LogP contribution in [-0.4, -0.2) is 22.2 Å². The van der Waals surface area contributed by atoms with Crippen molar-refractivity contribution in [1.82, 2.24) is 0 Å². The summed E-state index contributed by atoms with van der Waals surface area (Å²) in [4.78, 5) is 22.8. The van der Waals surface area contributed by atoms with Crippen molar-refractivity contribution in [3.05, 3.63) is 131 Å². The summed E-state index contributed by atoms with van der Waals surface area (Å²) in [5.74, 6) is -0.296. The van der Waals surface area contributed by atoms with Crippen molar-refractivity contribution in [3.63, 3.8) is 0 Å². The molecule has 0 saturated carbocycles. The zero-order chi connectivity index (χ0) is 25.8. The predicted molar refractivity (Wildman–Crippen MR) is 134 cm³/mol. The minimum absolute atomic E-state index is 0.315. The third kappa shape index (κ3) is 4.64. The lowest BCUT2D eigenvalue weighted by molar-refractivity contribution is -0.132. The predicted octanol–water partition coefficient (Wildman–Crippen LogP) is 4.71. The van der Waals surface area contributed by atoms with Crippen LogP contribution in [0.25, 0.3) is 0 Å². The van der Waals surface area contributed by atoms with Crippen molar-refractivity contribution < 1.29 is 29.3 Å². The number of benzene rings is 4. The highest BCUT2D eigenvalue weighted by Crippen LogP contribution is 2.50. The number of aliphatic hydroxyl groups is 2. The van der Waals surface area contributed by atoms with Crippen LogP contribution in [0.3, 0.4) is 0 Å². The normalized spacial score (nSPS) is 14.2. The number of rotatable bonds is 7. The van der Waals surface area contributed by atoms with Crippen LogP contribution in [0.4, 0.5) is 0 Å². The molecule has 0 heterocycles. The van der Waals surface area contributed by atoms with Crippen molar-refractivity contribution in [2.45, 2.75) is 25.0 Å². The van der Waals surface area contributed by atoms with Gasteiger partial charge in [-0.3, -0.25) is 9.59 Å². The molecule has 2 N–H and O–H groups in total. The summed E-state index contributed by atoms with van der Waals surface area (Å²) in [5.41, 5.74) is -2.32. The van der Waals surface area contributed by atoms with Gasteiger partial charge in [-0.1, -0.05) is 84.9 Å². The van der Waals surface area contributed by atoms with Gasteiger partial charge in [0, 0.05) is 13.8 Å². The molecular formula is C30H26O6. The fourth-order valence-electron chi connectivity index (χ4n) is 4.39. The van der Waals surface area contributed by atoms with Gasteiger partial charge in [-0.15, -0.1) is 0 Å². The standard InChI is InChI=1S/C30H26O6/c1-21(31)35-27-17-13-25(14-18-27)29(33,23-9-5-3-6-10-23)30(34,24-11-7-4-8-12-24)26-15-19-28(20-16-26)36-22(2)32/h3-20,33-34H,1-2H3. The molecular weight excluding hydrogens is 456 g/mol. The quantitative estimate of drug-likeness (QED) is 0.293. The average molecular weight is 483 g/mol. The largest absolute Gasteiger partial charge is 0.427 e. The van der Waals surface area contributed by atoms with Crippen molar-refractivity contribution >= 4 is 11.9 Å². The number of hydrogen-bond acceptors (Lipinski definition) is 6. The molecule has 0 aliphatic rings. The van der Waals surface area contributed by atoms with Gasteiger partial charge in [-0.25, -0.2) is 0 Å². The fraction of sp³-hybridized carbons (Fsp3) is 0.133. The summed E-state index contributed by atoms with van der Waals surface area (Å²) < 4.78 is 10.3. The van der Waals surface area contributed by atoms with Gasteiger partial charge in [-0.05, 0) is 46.5 Å². The molecule has 2 unspecified atom stereocenters. The van der Waals surface area contributed by atoms with E-state index in [4.69, 9.17) is 9.47 Å². The summed E-state index contributed by atoms with van der Waals surface area (Å²) in [6.07, 6.45) is 0. The molecule has 0 spiro atoms. The molecule has 0 bridgehead atoms. The number of carbonyl (C=O) groups excluding carboxylic acids is 2. The molecule has 0 amide bonds. The third-order valence-electron chi connectivity index (χ3n) is 5.97. The zero-order valence-electron chi connectivity index (χ0n) is 19.9. The zero-order valence-corrected chi connectivity index (χ0v) is 19.9. The van der Waals surface area contributed by atoms with Crippen molar-refractivity contribution in [3.8, 4) is 11.5 Å². The van der Waals surface area contributed by atoms with Crippen LogP contribution < -0.4 is 9.47 Å². The first-order valence-corrected chi connectivity index (χ1v) is 11.4. The number of ether oxygens (including phenoxy) is 2. The van der Waals surface area contributed by atoms with Gasteiger partial charge in [0.2, 0.25) is 0 Å². The minimum Gasteiger partial charge on any atom is -0.427 e. The Kier molecular flexibility index (Phi) is 7.01. The monoisotopic (exact) mass is 482 g/mol. The second-order valence-corrected chi connectivity index (χ2v) is 8.39. The van der Waals surface area contributed by atoms with Gasteiger partial charge < -0.3 is 19.7 Å². The van der Waals surface area contributed by atoms with Gasteiger partial charge in [-0.2, -0.15) is 0 Å². The SMILES string of the molecule is CC(=O)Oc1ccc(C(O)(c2ccccc2)C(O)(c2ccccc2)c2ccc(OC(C)=O)cc2)cc1. The molecule has 36 heavy (non-hydrogen) atoms. The van der Waals surface area contributed by atoms with Gasteiger partial charge in [0.25, 0.3) is 0 Å². The average Bonchev–Trinajstić information content (AvgIpc) is 2.89. The van der Waals surface area contributed by atoms with E-state index >= 15 is 0 Å². The van der Waals surface area contributed by atoms with Gasteiger partial charge in [0.1, 0.15) is 11.5 Å². The maximum absolute atomic E-state index is 12.6. The van der Waals surface area contributed by atoms with Crippen LogP contribution in [-0.2, 0) is 20.8 Å². The summed E-state index contributed by atoms with van der Waals surface area (Å²) >= 11 is 0. The van der Waals surface area contributed by atoms with Crippen LogP contribution in [0.5, 0.6) is 11.5 Å². The summed E-state index contributed by atoms with van der Waals surface area (Å²) in [5, 5.41) is 25.2. The Morgan fingerprint density at radius 2 is 0.778 bits per heavy atom. The topological polar surface area (TPSA) is 93.1 Å². The van der Waals surface area contributed by atoms with E-state index in [1.165, 1.54) is 13.8 Å². The van der Waals surface area contributed by atoms with E-state index < -0.39 is 23.1 Å². The van der Waals surface area contributed by atoms with E-state index in [1.807, 2.05) is 12.1 Å². The highest BCUT2D eigenvalue weighted by atomic mass is 16.5. The van der Waals surface area contributed by atoms with E-state index in [2.05, 4.69) is 0 Å². The smallest absolute Gasteiger partial charge is 0.308 e. The van der Waals surface area contributed by atoms with Gasteiger partial charge >= 0.3 is 11.9 Å². The Hall–Kier alpha value is -4.26. The van der Waals surface area contributed by atoms with Crippen LogP contribution in [0.2, 0.25) is 0 Å². The number of carbonyl (C=O) groups is 2. The van der Waals surface area contributed by atoms with Crippen LogP contribution in [0.15, 0.2) is 109 Å². The number of esters is 2. The lowest BCUT2D eigenvalue weighted by Gasteiger charge is -2.45. The van der Waals surface area contributed by atoms with E-state index in [9.17, 15) is 19.8 Å². The summed E-state index contributed by atoms with van der Waals surface area (Å²) in [6, 6.07) is 30.5. The molecule has 2 atom stereocenters. The lowest BCUT2D eigenvalue weighted by atomic mass is 9.66. The Morgan fingerprint density at radius 1 is 0.500 bits per heavy atom. The maximum atomic E-state index is 12.6. The highest BCUT2D eigenvalue weighted by molar-refractivity contribution is 5.70. The second-order valence-electron chi connectivity index (χ2n) is 8.39. The molecule has 0 aliphatic carbocycles. The first kappa shape index (κ1) is 24.9. The first-order chi connectivity index (χ1) is 17.2. The Labute approximate surface area is 209 Å². The Balaban J connectivity index is 1.97. The molecule has 4 aromatic carbocycles. The maximum Gasteiger partial charge on any atom is 0.308 e. The van der Waals surface area contributed by atoms with E-state index in [-0.39, 0.29) is 0 Å².